The molecule has 3 nitrogen and oxygen atoms in total. The van der Waals surface area contributed by atoms with Gasteiger partial charge in [0.2, 0.25) is 0 Å². The van der Waals surface area contributed by atoms with Crippen molar-refractivity contribution in [1.29, 1.82) is 0 Å². The smallest absolute Gasteiger partial charge is 0.372 e. The molecular weight excluding hydrogens is 477 g/mol. The molecule has 158 valence electrons. The molecule has 0 spiro atoms. The summed E-state index contributed by atoms with van der Waals surface area (Å²) in [5.41, 5.74) is 1.50. The van der Waals surface area contributed by atoms with Gasteiger partial charge in [-0.2, -0.15) is 18.3 Å². The van der Waals surface area contributed by atoms with Crippen molar-refractivity contribution < 1.29 is 17.9 Å². The number of nitrogens with zero attached hydrogens (tertiary/aromatic N) is 2. The maximum atomic E-state index is 13.0. The van der Waals surface area contributed by atoms with Gasteiger partial charge in [-0.25, -0.2) is 0 Å². The lowest BCUT2D eigenvalue weighted by atomic mass is 10.1. The number of hydrogen-bond donors (Lipinski definition) is 0. The molecule has 0 amide bonds. The fraction of sp³-hybridized carbons (Fsp3) is 0.318. The highest BCUT2D eigenvalue weighted by Crippen LogP contribution is 2.39. The maximum Gasteiger partial charge on any atom is 0.416 e. The van der Waals surface area contributed by atoms with Gasteiger partial charge in [0, 0.05) is 16.8 Å². The fourth-order valence-electron chi connectivity index (χ4n) is 3.56. The Morgan fingerprint density at radius 2 is 1.90 bits per heavy atom. The Morgan fingerprint density at radius 3 is 2.67 bits per heavy atom. The first-order valence-electron chi connectivity index (χ1n) is 9.61. The standard InChI is InChI=1S/C22H20BrF3N2OS/c23-21-13-19(28(27-21)14-15-5-2-1-3-6-15)20-12-18(9-10-29-20)30-17-8-4-7-16(11-17)22(24,25)26/h1-8,11,13,18,20H,9-10,12,14H2. The van der Waals surface area contributed by atoms with Crippen molar-refractivity contribution in [3.8, 4) is 0 Å². The largest absolute Gasteiger partial charge is 0.416 e. The van der Waals surface area contributed by atoms with Gasteiger partial charge in [0.05, 0.1) is 17.8 Å². The molecule has 1 fully saturated rings. The first-order chi connectivity index (χ1) is 14.4. The van der Waals surface area contributed by atoms with Crippen LogP contribution in [0.1, 0.15) is 35.8 Å². The number of aromatic nitrogens is 2. The third-order valence-corrected chi connectivity index (χ3v) is 6.66. The summed E-state index contributed by atoms with van der Waals surface area (Å²) < 4.78 is 47.7. The van der Waals surface area contributed by atoms with Crippen molar-refractivity contribution in [2.45, 2.75) is 41.8 Å². The van der Waals surface area contributed by atoms with E-state index in [4.69, 9.17) is 4.74 Å². The quantitative estimate of drug-likeness (QED) is 0.392. The second kappa shape index (κ2) is 9.16. The Morgan fingerprint density at radius 1 is 1.10 bits per heavy atom. The van der Waals surface area contributed by atoms with Crippen LogP contribution in [-0.4, -0.2) is 21.6 Å². The molecule has 2 atom stereocenters. The van der Waals surface area contributed by atoms with Crippen molar-refractivity contribution in [2.75, 3.05) is 6.61 Å². The van der Waals surface area contributed by atoms with E-state index >= 15 is 0 Å². The average molecular weight is 497 g/mol. The number of benzene rings is 2. The molecule has 1 saturated heterocycles. The topological polar surface area (TPSA) is 27.1 Å². The lowest BCUT2D eigenvalue weighted by molar-refractivity contribution is -0.137. The molecule has 0 saturated carbocycles. The third-order valence-electron chi connectivity index (χ3n) is 4.99. The molecule has 0 bridgehead atoms. The number of thioether (sulfide) groups is 1. The molecule has 2 heterocycles. The van der Waals surface area contributed by atoms with Crippen molar-refractivity contribution in [3.63, 3.8) is 0 Å². The summed E-state index contributed by atoms with van der Waals surface area (Å²) in [6.07, 6.45) is -2.96. The zero-order valence-corrected chi connectivity index (χ0v) is 18.4. The highest BCUT2D eigenvalue weighted by Gasteiger charge is 2.31. The SMILES string of the molecule is FC(F)(F)c1cccc(SC2CCOC(c3cc(Br)nn3Cc3ccccc3)C2)c1. The van der Waals surface area contributed by atoms with Crippen molar-refractivity contribution in [3.05, 3.63) is 82.1 Å². The summed E-state index contributed by atoms with van der Waals surface area (Å²) in [7, 11) is 0. The molecule has 30 heavy (non-hydrogen) atoms. The van der Waals surface area contributed by atoms with Crippen LogP contribution in [0.25, 0.3) is 0 Å². The van der Waals surface area contributed by atoms with Crippen LogP contribution >= 0.6 is 27.7 Å². The van der Waals surface area contributed by atoms with Crippen LogP contribution in [0.15, 0.2) is 70.2 Å². The lowest BCUT2D eigenvalue weighted by Crippen LogP contribution is -2.24. The van der Waals surface area contributed by atoms with Gasteiger partial charge in [-0.3, -0.25) is 4.68 Å². The van der Waals surface area contributed by atoms with E-state index in [1.807, 2.05) is 41.1 Å². The van der Waals surface area contributed by atoms with E-state index in [9.17, 15) is 13.2 Å². The Kier molecular flexibility index (Phi) is 6.55. The van der Waals surface area contributed by atoms with E-state index < -0.39 is 11.7 Å². The van der Waals surface area contributed by atoms with Crippen LogP contribution in [0.4, 0.5) is 13.2 Å². The predicted molar refractivity (Wildman–Crippen MR) is 114 cm³/mol. The molecule has 0 radical (unpaired) electrons. The average Bonchev–Trinajstić information content (AvgIpc) is 3.09. The van der Waals surface area contributed by atoms with Gasteiger partial charge in [-0.1, -0.05) is 36.4 Å². The molecule has 1 aromatic heterocycles. The zero-order valence-electron chi connectivity index (χ0n) is 16.0. The molecular formula is C22H20BrF3N2OS. The summed E-state index contributed by atoms with van der Waals surface area (Å²) in [5.74, 6) is 0. The Balaban J connectivity index is 1.48. The highest BCUT2D eigenvalue weighted by atomic mass is 79.9. The molecule has 2 aromatic carbocycles. The highest BCUT2D eigenvalue weighted by molar-refractivity contribution is 9.10. The summed E-state index contributed by atoms with van der Waals surface area (Å²) in [5, 5.41) is 4.72. The maximum absolute atomic E-state index is 13.0. The van der Waals surface area contributed by atoms with E-state index in [0.717, 1.165) is 28.3 Å². The Hall–Kier alpha value is -1.77. The van der Waals surface area contributed by atoms with E-state index in [1.165, 1.54) is 23.9 Å². The normalized spacial score (nSPS) is 19.7. The van der Waals surface area contributed by atoms with Crippen LogP contribution in [0.5, 0.6) is 0 Å². The molecule has 4 rings (SSSR count). The Labute approximate surface area is 185 Å². The number of halogens is 4. The van der Waals surface area contributed by atoms with E-state index in [2.05, 4.69) is 21.0 Å². The number of hydrogen-bond acceptors (Lipinski definition) is 3. The van der Waals surface area contributed by atoms with Gasteiger partial charge in [0.25, 0.3) is 0 Å². The molecule has 3 aromatic rings. The minimum Gasteiger partial charge on any atom is -0.372 e. The first-order valence-corrected chi connectivity index (χ1v) is 11.3. The summed E-state index contributed by atoms with van der Waals surface area (Å²) >= 11 is 4.95. The van der Waals surface area contributed by atoms with Crippen LogP contribution in [-0.2, 0) is 17.5 Å². The van der Waals surface area contributed by atoms with E-state index in [-0.39, 0.29) is 11.4 Å². The zero-order chi connectivity index (χ0) is 21.1. The molecule has 1 aliphatic heterocycles. The Bertz CT molecular complexity index is 994. The molecule has 8 heteroatoms. The predicted octanol–water partition coefficient (Wildman–Crippen LogP) is 6.73. The van der Waals surface area contributed by atoms with Gasteiger partial charge in [0.1, 0.15) is 10.7 Å². The fourth-order valence-corrected chi connectivity index (χ4v) is 5.21. The van der Waals surface area contributed by atoms with Crippen molar-refractivity contribution in [1.82, 2.24) is 9.78 Å². The van der Waals surface area contributed by atoms with E-state index in [1.54, 1.807) is 6.07 Å². The van der Waals surface area contributed by atoms with Crippen LogP contribution in [0.2, 0.25) is 0 Å². The molecule has 0 aliphatic carbocycles. The monoisotopic (exact) mass is 496 g/mol. The van der Waals surface area contributed by atoms with Gasteiger partial charge in [-0.15, -0.1) is 11.8 Å². The summed E-state index contributed by atoms with van der Waals surface area (Å²) in [4.78, 5) is 0.634. The van der Waals surface area contributed by atoms with Gasteiger partial charge in [0.15, 0.2) is 0 Å². The second-order valence-electron chi connectivity index (χ2n) is 7.18. The van der Waals surface area contributed by atoms with Gasteiger partial charge >= 0.3 is 6.18 Å². The van der Waals surface area contributed by atoms with Crippen molar-refractivity contribution in [2.24, 2.45) is 0 Å². The van der Waals surface area contributed by atoms with Crippen LogP contribution < -0.4 is 0 Å². The first kappa shape index (κ1) is 21.5. The summed E-state index contributed by atoms with van der Waals surface area (Å²) in [6.45, 7) is 1.20. The van der Waals surface area contributed by atoms with E-state index in [0.29, 0.717) is 24.5 Å². The molecule has 0 N–H and O–H groups in total. The van der Waals surface area contributed by atoms with Crippen LogP contribution in [0, 0.1) is 0 Å². The van der Waals surface area contributed by atoms with Gasteiger partial charge in [-0.05, 0) is 58.6 Å². The minimum atomic E-state index is -4.33. The molecule has 1 aliphatic rings. The minimum absolute atomic E-state index is 0.149. The second-order valence-corrected chi connectivity index (χ2v) is 9.37. The van der Waals surface area contributed by atoms with Gasteiger partial charge < -0.3 is 4.74 Å². The summed E-state index contributed by atoms with van der Waals surface area (Å²) in [6, 6.07) is 17.6. The van der Waals surface area contributed by atoms with Crippen LogP contribution in [0.3, 0.4) is 0 Å². The van der Waals surface area contributed by atoms with Crippen molar-refractivity contribution >= 4 is 27.7 Å². The lowest BCUT2D eigenvalue weighted by Gasteiger charge is -2.29. The molecule has 2 unspecified atom stereocenters. The number of rotatable bonds is 5. The number of ether oxygens (including phenoxy) is 1. The number of alkyl halides is 3. The third kappa shape index (κ3) is 5.28.